The molecule has 0 aromatic carbocycles. The molecule has 108 valence electrons. The van der Waals surface area contributed by atoms with E-state index in [-0.39, 0.29) is 22.9 Å². The number of carbonyl (C=O) groups excluding carboxylic acids is 1. The average molecular weight is 284 g/mol. The van der Waals surface area contributed by atoms with Gasteiger partial charge in [0, 0.05) is 22.5 Å². The first-order valence-electron chi connectivity index (χ1n) is 6.42. The second-order valence-corrected chi connectivity index (χ2v) is 7.53. The fourth-order valence-electron chi connectivity index (χ4n) is 1.32. The van der Waals surface area contributed by atoms with Crippen molar-refractivity contribution in [3.05, 3.63) is 5.82 Å². The first kappa shape index (κ1) is 15.9. The van der Waals surface area contributed by atoms with Crippen LogP contribution in [0.5, 0.6) is 0 Å². The van der Waals surface area contributed by atoms with E-state index in [9.17, 15) is 4.79 Å². The van der Waals surface area contributed by atoms with Crippen molar-refractivity contribution in [3.63, 3.8) is 0 Å². The normalized spacial score (nSPS) is 14.1. The van der Waals surface area contributed by atoms with Crippen LogP contribution in [0.2, 0.25) is 0 Å². The zero-order chi connectivity index (χ0) is 14.8. The standard InChI is InChI=1S/C13H24N4OS/c1-8(9(18)16-13(5,6)7)14-11-15-10(17-19-11)12(2,3)4/h8H,1-7H3,(H,16,18)(H,14,15,17). The van der Waals surface area contributed by atoms with Crippen LogP contribution < -0.4 is 10.6 Å². The molecule has 1 heterocycles. The summed E-state index contributed by atoms with van der Waals surface area (Å²) in [5.41, 5.74) is -0.307. The molecular formula is C13H24N4OS. The predicted octanol–water partition coefficient (Wildman–Crippen LogP) is 2.55. The van der Waals surface area contributed by atoms with E-state index in [1.165, 1.54) is 11.5 Å². The maximum Gasteiger partial charge on any atom is 0.242 e. The van der Waals surface area contributed by atoms with E-state index in [1.54, 1.807) is 0 Å². The number of carbonyl (C=O) groups is 1. The third kappa shape index (κ3) is 5.14. The van der Waals surface area contributed by atoms with Gasteiger partial charge in [-0.25, -0.2) is 4.98 Å². The highest BCUT2D eigenvalue weighted by molar-refractivity contribution is 7.09. The molecule has 0 saturated heterocycles. The van der Waals surface area contributed by atoms with Crippen molar-refractivity contribution in [2.75, 3.05) is 5.32 Å². The molecule has 0 aliphatic heterocycles. The number of nitrogens with one attached hydrogen (secondary N) is 2. The zero-order valence-corrected chi connectivity index (χ0v) is 13.6. The fourth-order valence-corrected chi connectivity index (χ4v) is 2.16. The molecule has 5 nitrogen and oxygen atoms in total. The monoisotopic (exact) mass is 284 g/mol. The van der Waals surface area contributed by atoms with Crippen LogP contribution in [0, 0.1) is 0 Å². The highest BCUT2D eigenvalue weighted by Crippen LogP contribution is 2.23. The maximum atomic E-state index is 11.9. The molecule has 1 aromatic heterocycles. The molecule has 0 aliphatic rings. The van der Waals surface area contributed by atoms with E-state index in [0.717, 1.165) is 5.82 Å². The molecule has 1 aromatic rings. The highest BCUT2D eigenvalue weighted by atomic mass is 32.1. The highest BCUT2D eigenvalue weighted by Gasteiger charge is 2.22. The van der Waals surface area contributed by atoms with Gasteiger partial charge in [-0.2, -0.15) is 4.37 Å². The van der Waals surface area contributed by atoms with Crippen molar-refractivity contribution in [2.24, 2.45) is 0 Å². The Kier molecular flexibility index (Phi) is 4.55. The Balaban J connectivity index is 2.65. The molecule has 1 atom stereocenters. The van der Waals surface area contributed by atoms with Gasteiger partial charge in [-0.1, -0.05) is 20.8 Å². The van der Waals surface area contributed by atoms with Gasteiger partial charge in [0.05, 0.1) is 0 Å². The number of hydrogen-bond donors (Lipinski definition) is 2. The molecular weight excluding hydrogens is 260 g/mol. The summed E-state index contributed by atoms with van der Waals surface area (Å²) in [6.07, 6.45) is 0. The van der Waals surface area contributed by atoms with Crippen LogP contribution in [0.15, 0.2) is 0 Å². The molecule has 0 bridgehead atoms. The lowest BCUT2D eigenvalue weighted by Crippen LogP contribution is -2.47. The lowest BCUT2D eigenvalue weighted by atomic mass is 9.96. The van der Waals surface area contributed by atoms with Gasteiger partial charge >= 0.3 is 0 Å². The molecule has 1 unspecified atom stereocenters. The van der Waals surface area contributed by atoms with E-state index >= 15 is 0 Å². The summed E-state index contributed by atoms with van der Waals surface area (Å²) in [6, 6.07) is -0.333. The number of amides is 1. The fraction of sp³-hybridized carbons (Fsp3) is 0.769. The second-order valence-electron chi connectivity index (χ2n) is 6.78. The van der Waals surface area contributed by atoms with Crippen molar-refractivity contribution in [1.82, 2.24) is 14.7 Å². The third-order valence-electron chi connectivity index (χ3n) is 2.33. The van der Waals surface area contributed by atoms with Gasteiger partial charge in [0.25, 0.3) is 0 Å². The van der Waals surface area contributed by atoms with Gasteiger partial charge < -0.3 is 10.6 Å². The minimum Gasteiger partial charge on any atom is -0.350 e. The molecule has 0 radical (unpaired) electrons. The van der Waals surface area contributed by atoms with Crippen LogP contribution in [0.3, 0.4) is 0 Å². The molecule has 1 rings (SSSR count). The Morgan fingerprint density at radius 1 is 1.21 bits per heavy atom. The lowest BCUT2D eigenvalue weighted by Gasteiger charge is -2.23. The largest absolute Gasteiger partial charge is 0.350 e. The number of hydrogen-bond acceptors (Lipinski definition) is 5. The summed E-state index contributed by atoms with van der Waals surface area (Å²) < 4.78 is 4.31. The summed E-state index contributed by atoms with van der Waals surface area (Å²) in [4.78, 5) is 16.4. The van der Waals surface area contributed by atoms with Gasteiger partial charge in [0.1, 0.15) is 11.9 Å². The Bertz CT molecular complexity index is 442. The Morgan fingerprint density at radius 3 is 2.21 bits per heavy atom. The zero-order valence-electron chi connectivity index (χ0n) is 12.8. The quantitative estimate of drug-likeness (QED) is 0.895. The first-order valence-corrected chi connectivity index (χ1v) is 7.19. The number of nitrogens with zero attached hydrogens (tertiary/aromatic N) is 2. The number of aromatic nitrogens is 2. The SMILES string of the molecule is CC(Nc1nc(C(C)(C)C)ns1)C(=O)NC(C)(C)C. The summed E-state index contributed by atoms with van der Waals surface area (Å²) in [5.74, 6) is 0.753. The summed E-state index contributed by atoms with van der Waals surface area (Å²) >= 11 is 1.29. The minimum absolute atomic E-state index is 0.0417. The molecule has 0 fully saturated rings. The van der Waals surface area contributed by atoms with E-state index in [1.807, 2.05) is 27.7 Å². The molecule has 0 spiro atoms. The molecule has 19 heavy (non-hydrogen) atoms. The summed E-state index contributed by atoms with van der Waals surface area (Å²) in [7, 11) is 0. The summed E-state index contributed by atoms with van der Waals surface area (Å²) in [6.45, 7) is 13.9. The Morgan fingerprint density at radius 2 is 1.79 bits per heavy atom. The lowest BCUT2D eigenvalue weighted by molar-refractivity contribution is -0.122. The molecule has 6 heteroatoms. The Hall–Kier alpha value is -1.17. The number of anilines is 1. The smallest absolute Gasteiger partial charge is 0.242 e. The molecule has 0 aliphatic carbocycles. The molecule has 0 saturated carbocycles. The van der Waals surface area contributed by atoms with Crippen molar-refractivity contribution in [3.8, 4) is 0 Å². The van der Waals surface area contributed by atoms with Crippen LogP contribution in [0.1, 0.15) is 54.3 Å². The van der Waals surface area contributed by atoms with Crippen molar-refractivity contribution in [2.45, 2.75) is 65.5 Å². The van der Waals surface area contributed by atoms with Crippen LogP contribution in [-0.4, -0.2) is 26.8 Å². The van der Waals surface area contributed by atoms with Gasteiger partial charge in [0.15, 0.2) is 0 Å². The topological polar surface area (TPSA) is 66.9 Å². The minimum atomic E-state index is -0.333. The number of rotatable bonds is 3. The maximum absolute atomic E-state index is 11.9. The molecule has 2 N–H and O–H groups in total. The Labute approximate surface area is 119 Å². The van der Waals surface area contributed by atoms with E-state index in [4.69, 9.17) is 0 Å². The third-order valence-corrected chi connectivity index (χ3v) is 2.97. The van der Waals surface area contributed by atoms with Gasteiger partial charge in [-0.3, -0.25) is 4.79 Å². The van der Waals surface area contributed by atoms with Gasteiger partial charge in [0.2, 0.25) is 11.0 Å². The van der Waals surface area contributed by atoms with Crippen LogP contribution in [-0.2, 0) is 10.2 Å². The first-order chi connectivity index (χ1) is 8.49. The predicted molar refractivity (Wildman–Crippen MR) is 79.6 cm³/mol. The van der Waals surface area contributed by atoms with E-state index in [0.29, 0.717) is 5.13 Å². The van der Waals surface area contributed by atoms with Crippen molar-refractivity contribution >= 4 is 22.6 Å². The van der Waals surface area contributed by atoms with E-state index < -0.39 is 0 Å². The average Bonchev–Trinajstić information content (AvgIpc) is 2.62. The van der Waals surface area contributed by atoms with Crippen LogP contribution in [0.25, 0.3) is 0 Å². The van der Waals surface area contributed by atoms with Crippen molar-refractivity contribution in [1.29, 1.82) is 0 Å². The van der Waals surface area contributed by atoms with Crippen LogP contribution >= 0.6 is 11.5 Å². The van der Waals surface area contributed by atoms with Gasteiger partial charge in [-0.05, 0) is 27.7 Å². The summed E-state index contributed by atoms with van der Waals surface area (Å²) in [5, 5.41) is 6.70. The van der Waals surface area contributed by atoms with Crippen LogP contribution in [0.4, 0.5) is 5.13 Å². The van der Waals surface area contributed by atoms with Gasteiger partial charge in [-0.15, -0.1) is 0 Å². The van der Waals surface area contributed by atoms with Crippen molar-refractivity contribution < 1.29 is 4.79 Å². The second kappa shape index (κ2) is 5.45. The molecule has 1 amide bonds. The van der Waals surface area contributed by atoms with E-state index in [2.05, 4.69) is 40.8 Å².